The van der Waals surface area contributed by atoms with Crippen molar-refractivity contribution in [2.75, 3.05) is 5.32 Å². The number of nitrogens with one attached hydrogen (secondary N) is 1. The second-order valence-corrected chi connectivity index (χ2v) is 9.58. The van der Waals surface area contributed by atoms with Crippen LogP contribution in [-0.4, -0.2) is 40.7 Å². The predicted molar refractivity (Wildman–Crippen MR) is 133 cm³/mol. The fraction of sp³-hybridized carbons (Fsp3) is 0.292. The van der Waals surface area contributed by atoms with Gasteiger partial charge in [0.1, 0.15) is 0 Å². The van der Waals surface area contributed by atoms with Gasteiger partial charge in [-0.1, -0.05) is 62.0 Å². The molecule has 34 heavy (non-hydrogen) atoms. The number of rotatable bonds is 7. The van der Waals surface area contributed by atoms with Crippen LogP contribution in [0.1, 0.15) is 37.9 Å². The van der Waals surface area contributed by atoms with Crippen molar-refractivity contribution < 1.29 is 4.79 Å². The molecule has 0 saturated carbocycles. The molecule has 0 saturated heterocycles. The molecule has 4 aromatic rings. The minimum absolute atomic E-state index is 0.167. The highest BCUT2D eigenvalue weighted by molar-refractivity contribution is 8.00. The van der Waals surface area contributed by atoms with Crippen LogP contribution in [0.3, 0.4) is 0 Å². The highest BCUT2D eigenvalue weighted by Crippen LogP contribution is 2.27. The van der Waals surface area contributed by atoms with Crippen LogP contribution in [-0.2, 0) is 11.8 Å². The smallest absolute Gasteiger partial charge is 0.297 e. The van der Waals surface area contributed by atoms with Crippen LogP contribution in [0, 0.1) is 6.92 Å². The molecule has 0 aliphatic heterocycles. The molecule has 1 N–H and O–H groups in total. The third-order valence-electron chi connectivity index (χ3n) is 5.67. The molecule has 0 radical (unpaired) electrons. The first kappa shape index (κ1) is 23.5. The molecule has 9 nitrogen and oxygen atoms in total. The Balaban J connectivity index is 1.61. The molecule has 4 rings (SSSR count). The average molecular weight is 478 g/mol. The van der Waals surface area contributed by atoms with Crippen molar-refractivity contribution in [2.24, 2.45) is 7.05 Å². The second kappa shape index (κ2) is 9.68. The molecule has 1 amide bonds. The molecule has 2 heterocycles. The molecule has 0 fully saturated rings. The Hall–Kier alpha value is -3.66. The van der Waals surface area contributed by atoms with Crippen LogP contribution < -0.4 is 10.9 Å². The van der Waals surface area contributed by atoms with Gasteiger partial charge in [-0.05, 0) is 54.0 Å². The standard InChI is InChI=1S/C24H27N7O2S/c1-15(2)19-13-9-10-14-20(19)25-22(32)17(4)34-24-26-27-28-30(24)21-16(3)29(5)31(23(21)33)18-11-7-6-8-12-18/h6-15,17H,1-5H3,(H,25,32). The highest BCUT2D eigenvalue weighted by atomic mass is 32.2. The Morgan fingerprint density at radius 2 is 1.71 bits per heavy atom. The molecule has 0 spiro atoms. The number of para-hydroxylation sites is 2. The van der Waals surface area contributed by atoms with Crippen molar-refractivity contribution in [3.63, 3.8) is 0 Å². The molecule has 2 aromatic heterocycles. The first-order valence-corrected chi connectivity index (χ1v) is 11.9. The predicted octanol–water partition coefficient (Wildman–Crippen LogP) is 3.70. The van der Waals surface area contributed by atoms with E-state index in [2.05, 4.69) is 34.7 Å². The van der Waals surface area contributed by atoms with E-state index in [0.717, 1.165) is 16.9 Å². The number of amides is 1. The van der Waals surface area contributed by atoms with E-state index in [4.69, 9.17) is 0 Å². The maximum absolute atomic E-state index is 13.4. The topological polar surface area (TPSA) is 99.6 Å². The lowest BCUT2D eigenvalue weighted by atomic mass is 10.0. The summed E-state index contributed by atoms with van der Waals surface area (Å²) < 4.78 is 4.75. The van der Waals surface area contributed by atoms with Gasteiger partial charge in [-0.2, -0.15) is 4.68 Å². The summed E-state index contributed by atoms with van der Waals surface area (Å²) in [5.74, 6) is 0.110. The number of tetrazole rings is 1. The number of aromatic nitrogens is 6. The van der Waals surface area contributed by atoms with Gasteiger partial charge in [0, 0.05) is 12.7 Å². The number of hydrogen-bond acceptors (Lipinski definition) is 6. The van der Waals surface area contributed by atoms with Crippen molar-refractivity contribution >= 4 is 23.4 Å². The lowest BCUT2D eigenvalue weighted by molar-refractivity contribution is -0.115. The minimum atomic E-state index is -0.495. The maximum atomic E-state index is 13.4. The number of benzene rings is 2. The van der Waals surface area contributed by atoms with E-state index in [1.807, 2.05) is 68.6 Å². The number of anilines is 1. The lowest BCUT2D eigenvalue weighted by Gasteiger charge is -2.16. The summed E-state index contributed by atoms with van der Waals surface area (Å²) in [6, 6.07) is 17.1. The zero-order valence-electron chi connectivity index (χ0n) is 19.8. The summed E-state index contributed by atoms with van der Waals surface area (Å²) in [6.45, 7) is 7.80. The molecule has 0 bridgehead atoms. The van der Waals surface area contributed by atoms with Crippen molar-refractivity contribution in [3.05, 3.63) is 76.2 Å². The average Bonchev–Trinajstić information content (AvgIpc) is 3.35. The molecule has 10 heteroatoms. The molecule has 0 aliphatic carbocycles. The highest BCUT2D eigenvalue weighted by Gasteiger charge is 2.25. The van der Waals surface area contributed by atoms with E-state index in [1.165, 1.54) is 16.4 Å². The second-order valence-electron chi connectivity index (χ2n) is 8.27. The summed E-state index contributed by atoms with van der Waals surface area (Å²) in [5, 5.41) is 14.8. The van der Waals surface area contributed by atoms with Gasteiger partial charge in [-0.25, -0.2) is 4.68 Å². The van der Waals surface area contributed by atoms with E-state index in [9.17, 15) is 9.59 Å². The van der Waals surface area contributed by atoms with Crippen molar-refractivity contribution in [1.29, 1.82) is 0 Å². The molecule has 1 atom stereocenters. The molecule has 1 unspecified atom stereocenters. The van der Waals surface area contributed by atoms with Crippen molar-refractivity contribution in [3.8, 4) is 11.4 Å². The van der Waals surface area contributed by atoms with E-state index in [0.29, 0.717) is 16.5 Å². The summed E-state index contributed by atoms with van der Waals surface area (Å²) >= 11 is 1.20. The lowest BCUT2D eigenvalue weighted by Crippen LogP contribution is -2.24. The van der Waals surface area contributed by atoms with E-state index < -0.39 is 5.25 Å². The fourth-order valence-electron chi connectivity index (χ4n) is 3.75. The van der Waals surface area contributed by atoms with Gasteiger partial charge in [0.05, 0.1) is 16.6 Å². The quantitative estimate of drug-likeness (QED) is 0.408. The number of hydrogen-bond donors (Lipinski definition) is 1. The van der Waals surface area contributed by atoms with E-state index in [1.54, 1.807) is 16.3 Å². The normalized spacial score (nSPS) is 12.2. The monoisotopic (exact) mass is 477 g/mol. The van der Waals surface area contributed by atoms with Crippen LogP contribution in [0.5, 0.6) is 0 Å². The van der Waals surface area contributed by atoms with E-state index in [-0.39, 0.29) is 17.4 Å². The number of carbonyl (C=O) groups is 1. The van der Waals surface area contributed by atoms with E-state index >= 15 is 0 Å². The molecule has 0 aliphatic rings. The summed E-state index contributed by atoms with van der Waals surface area (Å²) in [5.41, 5.74) is 3.40. The van der Waals surface area contributed by atoms with Gasteiger partial charge in [0.15, 0.2) is 5.69 Å². The number of nitrogens with zero attached hydrogens (tertiary/aromatic N) is 6. The molecular formula is C24H27N7O2S. The zero-order chi connectivity index (χ0) is 24.4. The van der Waals surface area contributed by atoms with Crippen LogP contribution in [0.2, 0.25) is 0 Å². The molecule has 176 valence electrons. The molecular weight excluding hydrogens is 450 g/mol. The summed E-state index contributed by atoms with van der Waals surface area (Å²) in [6.07, 6.45) is 0. The van der Waals surface area contributed by atoms with Gasteiger partial charge in [-0.15, -0.1) is 5.10 Å². The zero-order valence-corrected chi connectivity index (χ0v) is 20.6. The van der Waals surface area contributed by atoms with Gasteiger partial charge < -0.3 is 5.32 Å². The largest absolute Gasteiger partial charge is 0.325 e. The SMILES string of the molecule is Cc1c(-n2nnnc2SC(C)C(=O)Nc2ccccc2C(C)C)c(=O)n(-c2ccccc2)n1C. The first-order chi connectivity index (χ1) is 16.3. The van der Waals surface area contributed by atoms with Crippen molar-refractivity contribution in [2.45, 2.75) is 44.0 Å². The summed E-state index contributed by atoms with van der Waals surface area (Å²) in [4.78, 5) is 26.3. The third-order valence-corrected chi connectivity index (χ3v) is 6.70. The fourth-order valence-corrected chi connectivity index (χ4v) is 4.54. The Morgan fingerprint density at radius 3 is 2.41 bits per heavy atom. The number of thioether (sulfide) groups is 1. The first-order valence-electron chi connectivity index (χ1n) is 11.0. The maximum Gasteiger partial charge on any atom is 0.297 e. The number of carbonyl (C=O) groups excluding carboxylic acids is 1. The van der Waals surface area contributed by atoms with Gasteiger partial charge in [0.25, 0.3) is 5.56 Å². The van der Waals surface area contributed by atoms with Crippen LogP contribution in [0.15, 0.2) is 64.5 Å². The van der Waals surface area contributed by atoms with Gasteiger partial charge in [-0.3, -0.25) is 14.3 Å². The Kier molecular flexibility index (Phi) is 6.69. The molecule has 2 aromatic carbocycles. The Labute approximate surface area is 201 Å². The Bertz CT molecular complexity index is 1370. The summed E-state index contributed by atoms with van der Waals surface area (Å²) in [7, 11) is 1.81. The third kappa shape index (κ3) is 4.41. The van der Waals surface area contributed by atoms with Gasteiger partial charge in [0.2, 0.25) is 11.1 Å². The van der Waals surface area contributed by atoms with Crippen LogP contribution >= 0.6 is 11.8 Å². The Morgan fingerprint density at radius 1 is 1.03 bits per heavy atom. The van der Waals surface area contributed by atoms with Crippen molar-refractivity contribution in [1.82, 2.24) is 29.6 Å². The van der Waals surface area contributed by atoms with Crippen LogP contribution in [0.25, 0.3) is 11.4 Å². The minimum Gasteiger partial charge on any atom is -0.325 e. The van der Waals surface area contributed by atoms with Gasteiger partial charge >= 0.3 is 0 Å². The van der Waals surface area contributed by atoms with Crippen LogP contribution in [0.4, 0.5) is 5.69 Å².